The number of guanidine groups is 1. The summed E-state index contributed by atoms with van der Waals surface area (Å²) in [5, 5.41) is 3.23. The monoisotopic (exact) mass is 306 g/mol. The molecule has 1 saturated heterocycles. The molecule has 1 aliphatic heterocycles. The maximum absolute atomic E-state index is 12.3. The molecule has 21 heavy (non-hydrogen) atoms. The highest BCUT2D eigenvalue weighted by atomic mass is 19.4. The summed E-state index contributed by atoms with van der Waals surface area (Å²) in [5.41, 5.74) is 5.86. The number of likely N-dealkylation sites (tertiary alicyclic amines) is 1. The Morgan fingerprint density at radius 2 is 1.90 bits per heavy atom. The first-order chi connectivity index (χ1) is 9.92. The van der Waals surface area contributed by atoms with Crippen LogP contribution < -0.4 is 11.1 Å². The molecule has 1 unspecified atom stereocenters. The Morgan fingerprint density at radius 1 is 1.19 bits per heavy atom. The van der Waals surface area contributed by atoms with Gasteiger partial charge < -0.3 is 11.1 Å². The lowest BCUT2D eigenvalue weighted by Gasteiger charge is -2.23. The number of aliphatic imine (C=N–C) groups is 1. The van der Waals surface area contributed by atoms with Crippen LogP contribution in [-0.4, -0.2) is 49.3 Å². The van der Waals surface area contributed by atoms with E-state index in [9.17, 15) is 13.2 Å². The van der Waals surface area contributed by atoms with E-state index in [4.69, 9.17) is 5.73 Å². The third-order valence-corrected chi connectivity index (χ3v) is 4.25. The summed E-state index contributed by atoms with van der Waals surface area (Å²) in [6.45, 7) is 0.651. The molecule has 0 spiro atoms. The maximum Gasteiger partial charge on any atom is 0.401 e. The number of nitrogens with zero attached hydrogens (tertiary/aromatic N) is 2. The lowest BCUT2D eigenvalue weighted by molar-refractivity contribution is -0.143. The Bertz CT molecular complexity index is 351. The molecule has 2 aliphatic rings. The summed E-state index contributed by atoms with van der Waals surface area (Å²) >= 11 is 0. The number of nitrogens with one attached hydrogen (secondary N) is 1. The first-order valence-corrected chi connectivity index (χ1v) is 7.78. The molecule has 1 aliphatic carbocycles. The van der Waals surface area contributed by atoms with Crippen LogP contribution >= 0.6 is 0 Å². The van der Waals surface area contributed by atoms with Crippen molar-refractivity contribution in [1.82, 2.24) is 10.2 Å². The van der Waals surface area contributed by atoms with Crippen LogP contribution in [0.1, 0.15) is 38.5 Å². The van der Waals surface area contributed by atoms with E-state index in [2.05, 4.69) is 10.3 Å². The smallest absolute Gasteiger partial charge is 0.370 e. The first-order valence-electron chi connectivity index (χ1n) is 7.78. The number of hydrogen-bond donors (Lipinski definition) is 2. The number of halogens is 3. The number of nitrogens with two attached hydrogens (primary N) is 1. The lowest BCUT2D eigenvalue weighted by atomic mass is 9.96. The fraction of sp³-hybridized carbons (Fsp3) is 0.929. The van der Waals surface area contributed by atoms with Gasteiger partial charge in [-0.1, -0.05) is 19.3 Å². The van der Waals surface area contributed by atoms with Crippen LogP contribution in [-0.2, 0) is 0 Å². The zero-order valence-corrected chi connectivity index (χ0v) is 12.3. The van der Waals surface area contributed by atoms with E-state index < -0.39 is 12.7 Å². The van der Waals surface area contributed by atoms with E-state index in [0.29, 0.717) is 31.6 Å². The highest BCUT2D eigenvalue weighted by Gasteiger charge is 2.34. The molecule has 2 rings (SSSR count). The zero-order valence-electron chi connectivity index (χ0n) is 12.3. The molecule has 0 radical (unpaired) electrons. The molecule has 2 fully saturated rings. The van der Waals surface area contributed by atoms with Gasteiger partial charge in [0.05, 0.1) is 6.54 Å². The summed E-state index contributed by atoms with van der Waals surface area (Å²) in [7, 11) is 0. The minimum Gasteiger partial charge on any atom is -0.370 e. The SMILES string of the molecule is NC(=NCC1CCN(CC(F)(F)F)C1)NC1CCCCC1. The quantitative estimate of drug-likeness (QED) is 0.618. The van der Waals surface area contributed by atoms with Gasteiger partial charge in [-0.05, 0) is 31.7 Å². The van der Waals surface area contributed by atoms with E-state index in [1.165, 1.54) is 24.2 Å². The third kappa shape index (κ3) is 6.11. The molecule has 1 atom stereocenters. The summed E-state index contributed by atoms with van der Waals surface area (Å²) in [6.07, 6.45) is 2.63. The molecule has 4 nitrogen and oxygen atoms in total. The van der Waals surface area contributed by atoms with Gasteiger partial charge in [-0.15, -0.1) is 0 Å². The third-order valence-electron chi connectivity index (χ3n) is 4.25. The average molecular weight is 306 g/mol. The van der Waals surface area contributed by atoms with Gasteiger partial charge in [-0.25, -0.2) is 0 Å². The Hall–Kier alpha value is -0.980. The van der Waals surface area contributed by atoms with Crippen LogP contribution in [0.25, 0.3) is 0 Å². The van der Waals surface area contributed by atoms with E-state index in [0.717, 1.165) is 19.3 Å². The average Bonchev–Trinajstić information content (AvgIpc) is 2.83. The van der Waals surface area contributed by atoms with Gasteiger partial charge in [-0.3, -0.25) is 9.89 Å². The Balaban J connectivity index is 1.68. The van der Waals surface area contributed by atoms with Crippen molar-refractivity contribution in [3.8, 4) is 0 Å². The highest BCUT2D eigenvalue weighted by molar-refractivity contribution is 5.78. The molecule has 1 saturated carbocycles. The standard InChI is InChI=1S/C14H25F3N4/c15-14(16,17)10-21-7-6-11(9-21)8-19-13(18)20-12-4-2-1-3-5-12/h11-12H,1-10H2,(H3,18,19,20). The molecule has 7 heteroatoms. The molecule has 0 aromatic rings. The molecular weight excluding hydrogens is 281 g/mol. The van der Waals surface area contributed by atoms with Crippen LogP contribution in [0, 0.1) is 5.92 Å². The van der Waals surface area contributed by atoms with Crippen molar-refractivity contribution >= 4 is 5.96 Å². The topological polar surface area (TPSA) is 53.6 Å². The van der Waals surface area contributed by atoms with Crippen molar-refractivity contribution in [2.75, 3.05) is 26.2 Å². The zero-order chi connectivity index (χ0) is 15.3. The van der Waals surface area contributed by atoms with Gasteiger partial charge in [0, 0.05) is 19.1 Å². The molecule has 0 amide bonds. The minimum absolute atomic E-state index is 0.180. The summed E-state index contributed by atoms with van der Waals surface area (Å²) in [6, 6.07) is 0.410. The normalized spacial score (nSPS) is 26.2. The van der Waals surface area contributed by atoms with Gasteiger partial charge >= 0.3 is 6.18 Å². The van der Waals surface area contributed by atoms with Crippen molar-refractivity contribution in [3.05, 3.63) is 0 Å². The summed E-state index contributed by atoms with van der Waals surface area (Å²) in [5.74, 6) is 0.621. The first kappa shape index (κ1) is 16.4. The van der Waals surface area contributed by atoms with Gasteiger partial charge in [0.15, 0.2) is 5.96 Å². The van der Waals surface area contributed by atoms with Gasteiger partial charge in [-0.2, -0.15) is 13.2 Å². The highest BCUT2D eigenvalue weighted by Crippen LogP contribution is 2.23. The van der Waals surface area contributed by atoms with E-state index in [1.807, 2.05) is 0 Å². The Labute approximate surface area is 124 Å². The van der Waals surface area contributed by atoms with Crippen molar-refractivity contribution in [1.29, 1.82) is 0 Å². The maximum atomic E-state index is 12.3. The fourth-order valence-electron chi connectivity index (χ4n) is 3.19. The van der Waals surface area contributed by atoms with Crippen LogP contribution in [0.4, 0.5) is 13.2 Å². The van der Waals surface area contributed by atoms with Crippen molar-refractivity contribution in [3.63, 3.8) is 0 Å². The second-order valence-corrected chi connectivity index (χ2v) is 6.21. The summed E-state index contributed by atoms with van der Waals surface area (Å²) in [4.78, 5) is 5.76. The van der Waals surface area contributed by atoms with Crippen molar-refractivity contribution in [2.24, 2.45) is 16.6 Å². The second-order valence-electron chi connectivity index (χ2n) is 6.21. The Morgan fingerprint density at radius 3 is 2.57 bits per heavy atom. The summed E-state index contributed by atoms with van der Waals surface area (Å²) < 4.78 is 36.9. The predicted octanol–water partition coefficient (Wildman–Crippen LogP) is 2.11. The van der Waals surface area contributed by atoms with Crippen LogP contribution in [0.15, 0.2) is 4.99 Å². The lowest BCUT2D eigenvalue weighted by Crippen LogP contribution is -2.41. The van der Waals surface area contributed by atoms with Crippen LogP contribution in [0.2, 0.25) is 0 Å². The van der Waals surface area contributed by atoms with Crippen LogP contribution in [0.3, 0.4) is 0 Å². The van der Waals surface area contributed by atoms with Gasteiger partial charge in [0.1, 0.15) is 0 Å². The fourth-order valence-corrected chi connectivity index (χ4v) is 3.19. The molecule has 122 valence electrons. The number of rotatable bonds is 4. The molecular formula is C14H25F3N4. The second kappa shape index (κ2) is 7.33. The molecule has 0 aromatic heterocycles. The van der Waals surface area contributed by atoms with Crippen LogP contribution in [0.5, 0.6) is 0 Å². The van der Waals surface area contributed by atoms with Crippen molar-refractivity contribution < 1.29 is 13.2 Å². The minimum atomic E-state index is -4.11. The van der Waals surface area contributed by atoms with E-state index in [-0.39, 0.29) is 5.92 Å². The largest absolute Gasteiger partial charge is 0.401 e. The Kier molecular flexibility index (Phi) is 5.72. The van der Waals surface area contributed by atoms with Gasteiger partial charge in [0.2, 0.25) is 0 Å². The molecule has 0 bridgehead atoms. The molecule has 3 N–H and O–H groups in total. The molecule has 0 aromatic carbocycles. The number of alkyl halides is 3. The van der Waals surface area contributed by atoms with E-state index in [1.54, 1.807) is 0 Å². The van der Waals surface area contributed by atoms with Crippen molar-refractivity contribution in [2.45, 2.75) is 50.7 Å². The molecule has 1 heterocycles. The number of hydrogen-bond acceptors (Lipinski definition) is 2. The van der Waals surface area contributed by atoms with E-state index >= 15 is 0 Å². The predicted molar refractivity (Wildman–Crippen MR) is 77.1 cm³/mol. The van der Waals surface area contributed by atoms with Gasteiger partial charge in [0.25, 0.3) is 0 Å².